The Morgan fingerprint density at radius 1 is 1.15 bits per heavy atom. The monoisotopic (exact) mass is 345 g/mol. The molecule has 2 aromatic carbocycles. The minimum atomic E-state index is -0.354. The lowest BCUT2D eigenvalue weighted by molar-refractivity contribution is -0.112. The van der Waals surface area contributed by atoms with Crippen LogP contribution in [0.4, 0.5) is 11.4 Å². The van der Waals surface area contributed by atoms with Gasteiger partial charge in [-0.05, 0) is 42.0 Å². The van der Waals surface area contributed by atoms with E-state index in [-0.39, 0.29) is 11.5 Å². The van der Waals surface area contributed by atoms with E-state index in [4.69, 9.17) is 0 Å². The van der Waals surface area contributed by atoms with E-state index in [1.807, 2.05) is 41.3 Å². The average Bonchev–Trinajstić information content (AvgIpc) is 3.09. The molecule has 0 radical (unpaired) electrons. The van der Waals surface area contributed by atoms with Crippen LogP contribution in [-0.2, 0) is 24.1 Å². The van der Waals surface area contributed by atoms with Gasteiger partial charge in [0.2, 0.25) is 0 Å². The quantitative estimate of drug-likeness (QED) is 0.652. The number of benzene rings is 2. The highest BCUT2D eigenvalue weighted by molar-refractivity contribution is 6.07. The Labute approximate surface area is 154 Å². The summed E-state index contributed by atoms with van der Waals surface area (Å²) in [6.45, 7) is 4.91. The first-order chi connectivity index (χ1) is 12.7. The molecule has 0 saturated heterocycles. The second-order valence-corrected chi connectivity index (χ2v) is 6.34. The van der Waals surface area contributed by atoms with Crippen LogP contribution in [0, 0.1) is 11.3 Å². The number of carbonyl (C=O) groups is 1. The molecule has 1 N–H and O–H groups in total. The molecule has 2 aromatic rings. The lowest BCUT2D eigenvalue weighted by Crippen LogP contribution is -2.20. The summed E-state index contributed by atoms with van der Waals surface area (Å²) in [6.07, 6.45) is 4.25. The number of para-hydroxylation sites is 2. The summed E-state index contributed by atoms with van der Waals surface area (Å²) in [4.78, 5) is 14.7. The van der Waals surface area contributed by atoms with E-state index in [2.05, 4.69) is 31.3 Å². The molecule has 26 heavy (non-hydrogen) atoms. The lowest BCUT2D eigenvalue weighted by Gasteiger charge is -2.16. The first kappa shape index (κ1) is 17.8. The molecule has 1 aliphatic rings. The van der Waals surface area contributed by atoms with Gasteiger partial charge in [-0.2, -0.15) is 5.26 Å². The molecule has 3 rings (SSSR count). The molecule has 1 aliphatic heterocycles. The van der Waals surface area contributed by atoms with Gasteiger partial charge >= 0.3 is 0 Å². The fraction of sp³-hybridized carbons (Fsp3) is 0.273. The summed E-state index contributed by atoms with van der Waals surface area (Å²) >= 11 is 0. The van der Waals surface area contributed by atoms with Crippen LogP contribution in [0.5, 0.6) is 0 Å². The van der Waals surface area contributed by atoms with E-state index in [1.165, 1.54) is 5.56 Å². The van der Waals surface area contributed by atoms with E-state index >= 15 is 0 Å². The summed E-state index contributed by atoms with van der Waals surface area (Å²) < 4.78 is 0. The number of amides is 1. The zero-order chi connectivity index (χ0) is 18.5. The summed E-state index contributed by atoms with van der Waals surface area (Å²) in [5, 5.41) is 12.5. The standard InChI is InChI=1S/C22H23N3O/c1-3-16-9-7-10-17(4-2)21(16)24-22(26)19(14-23)15-25-13-12-18-8-5-6-11-20(18)25/h5-11,15H,3-4,12-13H2,1-2H3,(H,24,26)/b19-15-. The van der Waals surface area contributed by atoms with E-state index in [1.54, 1.807) is 6.20 Å². The predicted octanol–water partition coefficient (Wildman–Crippen LogP) is 4.22. The summed E-state index contributed by atoms with van der Waals surface area (Å²) in [5.41, 5.74) is 5.44. The Kier molecular flexibility index (Phi) is 5.38. The van der Waals surface area contributed by atoms with Crippen molar-refractivity contribution in [1.29, 1.82) is 5.26 Å². The second kappa shape index (κ2) is 7.88. The van der Waals surface area contributed by atoms with Crippen molar-refractivity contribution in [1.82, 2.24) is 0 Å². The van der Waals surface area contributed by atoms with Crippen LogP contribution in [0.25, 0.3) is 0 Å². The Morgan fingerprint density at radius 2 is 1.85 bits per heavy atom. The third kappa shape index (κ3) is 3.48. The molecule has 0 unspecified atom stereocenters. The molecule has 0 bridgehead atoms. The maximum absolute atomic E-state index is 12.8. The molecule has 0 spiro atoms. The highest BCUT2D eigenvalue weighted by Crippen LogP contribution is 2.28. The van der Waals surface area contributed by atoms with E-state index in [0.29, 0.717) is 0 Å². The molecule has 0 aromatic heterocycles. The number of carbonyl (C=O) groups excluding carboxylic acids is 1. The molecule has 0 aliphatic carbocycles. The summed E-state index contributed by atoms with van der Waals surface area (Å²) in [7, 11) is 0. The molecular weight excluding hydrogens is 322 g/mol. The topological polar surface area (TPSA) is 56.1 Å². The van der Waals surface area contributed by atoms with E-state index < -0.39 is 0 Å². The maximum atomic E-state index is 12.8. The minimum Gasteiger partial charge on any atom is -0.346 e. The number of aryl methyl sites for hydroxylation is 2. The van der Waals surface area contributed by atoms with Crippen molar-refractivity contribution >= 4 is 17.3 Å². The molecule has 4 nitrogen and oxygen atoms in total. The molecule has 132 valence electrons. The lowest BCUT2D eigenvalue weighted by atomic mass is 10.0. The number of hydrogen-bond donors (Lipinski definition) is 1. The number of nitrogens with zero attached hydrogens (tertiary/aromatic N) is 2. The zero-order valence-electron chi connectivity index (χ0n) is 15.2. The van der Waals surface area contributed by atoms with Gasteiger partial charge in [-0.25, -0.2) is 0 Å². The largest absolute Gasteiger partial charge is 0.346 e. The highest BCUT2D eigenvalue weighted by Gasteiger charge is 2.20. The van der Waals surface area contributed by atoms with E-state index in [9.17, 15) is 10.1 Å². The molecule has 1 amide bonds. The van der Waals surface area contributed by atoms with Crippen molar-refractivity contribution in [2.24, 2.45) is 0 Å². The van der Waals surface area contributed by atoms with Crippen molar-refractivity contribution < 1.29 is 4.79 Å². The van der Waals surface area contributed by atoms with Crippen molar-refractivity contribution in [3.05, 3.63) is 70.9 Å². The molecule has 0 fully saturated rings. The first-order valence-corrected chi connectivity index (χ1v) is 9.06. The van der Waals surface area contributed by atoms with Crippen LogP contribution >= 0.6 is 0 Å². The average molecular weight is 345 g/mol. The smallest absolute Gasteiger partial charge is 0.267 e. The number of anilines is 2. The third-order valence-electron chi connectivity index (χ3n) is 4.81. The number of rotatable bonds is 5. The van der Waals surface area contributed by atoms with Gasteiger partial charge in [0, 0.05) is 24.1 Å². The molecule has 1 heterocycles. The second-order valence-electron chi connectivity index (χ2n) is 6.34. The Balaban J connectivity index is 1.87. The fourth-order valence-corrected chi connectivity index (χ4v) is 3.38. The van der Waals surface area contributed by atoms with Gasteiger partial charge in [0.15, 0.2) is 0 Å². The number of fused-ring (bicyclic) bond motifs is 1. The molecule has 0 atom stereocenters. The SMILES string of the molecule is CCc1cccc(CC)c1NC(=O)/C(C#N)=C\N1CCc2ccccc21. The fourth-order valence-electron chi connectivity index (χ4n) is 3.38. The van der Waals surface area contributed by atoms with Crippen molar-refractivity contribution in [3.63, 3.8) is 0 Å². The Hall–Kier alpha value is -3.06. The van der Waals surface area contributed by atoms with Crippen LogP contribution in [0.15, 0.2) is 54.2 Å². The molecular formula is C22H23N3O. The van der Waals surface area contributed by atoms with E-state index in [0.717, 1.165) is 48.3 Å². The summed E-state index contributed by atoms with van der Waals surface area (Å²) in [6, 6.07) is 16.2. The van der Waals surface area contributed by atoms with Gasteiger partial charge in [0.1, 0.15) is 11.6 Å². The van der Waals surface area contributed by atoms with Crippen LogP contribution in [0.3, 0.4) is 0 Å². The summed E-state index contributed by atoms with van der Waals surface area (Å²) in [5.74, 6) is -0.354. The third-order valence-corrected chi connectivity index (χ3v) is 4.81. The van der Waals surface area contributed by atoms with Gasteiger partial charge in [-0.1, -0.05) is 50.2 Å². The molecule has 4 heteroatoms. The van der Waals surface area contributed by atoms with Crippen LogP contribution in [0.2, 0.25) is 0 Å². The van der Waals surface area contributed by atoms with Gasteiger partial charge in [0.05, 0.1) is 0 Å². The van der Waals surface area contributed by atoms with Gasteiger partial charge < -0.3 is 10.2 Å². The normalized spacial score (nSPS) is 13.3. The van der Waals surface area contributed by atoms with Crippen LogP contribution < -0.4 is 10.2 Å². The maximum Gasteiger partial charge on any atom is 0.267 e. The van der Waals surface area contributed by atoms with Crippen LogP contribution in [0.1, 0.15) is 30.5 Å². The van der Waals surface area contributed by atoms with Gasteiger partial charge in [0.25, 0.3) is 5.91 Å². The van der Waals surface area contributed by atoms with Crippen molar-refractivity contribution in [2.75, 3.05) is 16.8 Å². The molecule has 0 saturated carbocycles. The van der Waals surface area contributed by atoms with Gasteiger partial charge in [-0.3, -0.25) is 4.79 Å². The Morgan fingerprint density at radius 3 is 2.50 bits per heavy atom. The number of nitriles is 1. The van der Waals surface area contributed by atoms with Crippen LogP contribution in [-0.4, -0.2) is 12.5 Å². The van der Waals surface area contributed by atoms with Crippen molar-refractivity contribution in [2.45, 2.75) is 33.1 Å². The minimum absolute atomic E-state index is 0.120. The zero-order valence-corrected chi connectivity index (χ0v) is 15.2. The van der Waals surface area contributed by atoms with Gasteiger partial charge in [-0.15, -0.1) is 0 Å². The Bertz CT molecular complexity index is 870. The van der Waals surface area contributed by atoms with Crippen molar-refractivity contribution in [3.8, 4) is 6.07 Å². The number of hydrogen-bond acceptors (Lipinski definition) is 3. The first-order valence-electron chi connectivity index (χ1n) is 9.06. The number of nitrogens with one attached hydrogen (secondary N) is 1. The highest BCUT2D eigenvalue weighted by atomic mass is 16.1. The predicted molar refractivity (Wildman–Crippen MR) is 105 cm³/mol.